The van der Waals surface area contributed by atoms with Gasteiger partial charge in [-0.3, -0.25) is 9.59 Å². The van der Waals surface area contributed by atoms with Crippen LogP contribution >= 0.6 is 0 Å². The van der Waals surface area contributed by atoms with Gasteiger partial charge in [-0.15, -0.1) is 6.58 Å². The molecule has 3 aromatic carbocycles. The zero-order valence-corrected chi connectivity index (χ0v) is 33.5. The summed E-state index contributed by atoms with van der Waals surface area (Å²) < 4.78 is 17.6. The second-order valence-corrected chi connectivity index (χ2v) is 16.3. The number of nitrogens with one attached hydrogen (secondary N) is 3. The highest BCUT2D eigenvalue weighted by Gasteiger charge is 2.62. The predicted molar refractivity (Wildman–Crippen MR) is 218 cm³/mol. The fraction of sp³-hybridized carbons (Fsp3) is 0.400. The van der Waals surface area contributed by atoms with Gasteiger partial charge in [0.25, 0.3) is 0 Å². The quantitative estimate of drug-likeness (QED) is 0.111. The molecule has 13 heteroatoms. The van der Waals surface area contributed by atoms with Gasteiger partial charge < -0.3 is 40.2 Å². The first-order chi connectivity index (χ1) is 27.8. The number of esters is 1. The summed E-state index contributed by atoms with van der Waals surface area (Å²) in [7, 11) is 1.58. The van der Waals surface area contributed by atoms with Gasteiger partial charge in [0.1, 0.15) is 35.2 Å². The first-order valence-electron chi connectivity index (χ1n) is 19.7. The summed E-state index contributed by atoms with van der Waals surface area (Å²) in [6, 6.07) is 21.1. The van der Waals surface area contributed by atoms with E-state index in [0.29, 0.717) is 40.9 Å². The number of amides is 4. The molecule has 7 rings (SSSR count). The number of ether oxygens (including phenoxy) is 3. The number of aliphatic hydroxyl groups is 1. The molecule has 7 atom stereocenters. The molecule has 0 radical (unpaired) electrons. The number of carbonyl (C=O) groups excluding carboxylic acids is 4. The topological polar surface area (TPSA) is 168 Å². The highest BCUT2D eigenvalue weighted by molar-refractivity contribution is 5.96. The third-order valence-electron chi connectivity index (χ3n) is 11.4. The van der Waals surface area contributed by atoms with E-state index >= 15 is 0 Å². The van der Waals surface area contributed by atoms with Gasteiger partial charge in [-0.25, -0.2) is 14.6 Å². The van der Waals surface area contributed by atoms with E-state index in [1.54, 1.807) is 20.1 Å². The van der Waals surface area contributed by atoms with Crippen LogP contribution in [0.5, 0.6) is 11.5 Å². The number of benzene rings is 3. The Morgan fingerprint density at radius 2 is 1.79 bits per heavy atom. The molecule has 4 N–H and O–H groups in total. The Morgan fingerprint density at radius 1 is 1.05 bits per heavy atom. The van der Waals surface area contributed by atoms with Crippen LogP contribution in [0.15, 0.2) is 91.5 Å². The van der Waals surface area contributed by atoms with Crippen molar-refractivity contribution in [2.75, 3.05) is 20.3 Å². The molecule has 1 aromatic heterocycles. The molecular weight excluding hydrogens is 739 g/mol. The predicted octanol–water partition coefficient (Wildman–Crippen LogP) is 5.25. The Bertz CT molecular complexity index is 2220. The zero-order valence-electron chi connectivity index (χ0n) is 33.5. The van der Waals surface area contributed by atoms with Gasteiger partial charge in [0.15, 0.2) is 0 Å². The number of rotatable bonds is 12. The van der Waals surface area contributed by atoms with E-state index in [1.807, 2.05) is 99.6 Å². The summed E-state index contributed by atoms with van der Waals surface area (Å²) in [4.78, 5) is 62.3. The summed E-state index contributed by atoms with van der Waals surface area (Å²) in [6.45, 7) is 11.1. The van der Waals surface area contributed by atoms with E-state index in [2.05, 4.69) is 22.5 Å². The van der Waals surface area contributed by atoms with Crippen LogP contribution in [-0.2, 0) is 25.5 Å². The molecule has 0 spiro atoms. The maximum atomic E-state index is 14.5. The maximum absolute atomic E-state index is 14.5. The van der Waals surface area contributed by atoms with Crippen LogP contribution < -0.4 is 25.4 Å². The van der Waals surface area contributed by atoms with Crippen molar-refractivity contribution in [3.8, 4) is 22.8 Å². The van der Waals surface area contributed by atoms with Crippen molar-refractivity contribution in [2.24, 2.45) is 11.3 Å². The molecule has 1 aliphatic heterocycles. The monoisotopic (exact) mass is 789 g/mol. The van der Waals surface area contributed by atoms with Gasteiger partial charge in [-0.1, -0.05) is 81.4 Å². The second kappa shape index (κ2) is 16.1. The lowest BCUT2D eigenvalue weighted by Gasteiger charge is -2.34. The van der Waals surface area contributed by atoms with Crippen molar-refractivity contribution in [1.29, 1.82) is 0 Å². The minimum atomic E-state index is -1.30. The molecular formula is C45H51N5O8. The van der Waals surface area contributed by atoms with Crippen LogP contribution in [0.2, 0.25) is 0 Å². The normalized spacial score (nSPS) is 24.0. The fourth-order valence-corrected chi connectivity index (χ4v) is 8.12. The number of methoxy groups -OCH3 is 1. The number of carbonyl (C=O) groups is 4. The molecule has 304 valence electrons. The third kappa shape index (κ3) is 7.95. The van der Waals surface area contributed by atoms with E-state index < -0.39 is 65.1 Å². The number of likely N-dealkylation sites (tertiary alicyclic amines) is 1. The Kier molecular flexibility index (Phi) is 11.2. The van der Waals surface area contributed by atoms with Crippen molar-refractivity contribution in [1.82, 2.24) is 25.8 Å². The number of aliphatic hydroxyl groups excluding tert-OH is 1. The van der Waals surface area contributed by atoms with Crippen LogP contribution in [0, 0.1) is 11.3 Å². The van der Waals surface area contributed by atoms with Crippen molar-refractivity contribution in [3.63, 3.8) is 0 Å². The zero-order chi connectivity index (χ0) is 41.4. The Labute approximate surface area is 338 Å². The highest BCUT2D eigenvalue weighted by atomic mass is 16.5. The molecule has 7 unspecified atom stereocenters. The van der Waals surface area contributed by atoms with Crippen LogP contribution in [0.25, 0.3) is 22.2 Å². The summed E-state index contributed by atoms with van der Waals surface area (Å²) in [5.41, 5.74) is 1.85. The largest absolute Gasteiger partial charge is 0.497 e. The van der Waals surface area contributed by atoms with E-state index in [1.165, 1.54) is 4.90 Å². The molecule has 58 heavy (non-hydrogen) atoms. The minimum absolute atomic E-state index is 0.0188. The number of aromatic nitrogens is 1. The molecule has 3 aliphatic rings. The average Bonchev–Trinajstić information content (AvgIpc) is 3.61. The first kappa shape index (κ1) is 40.3. The van der Waals surface area contributed by atoms with Gasteiger partial charge >= 0.3 is 12.0 Å². The Morgan fingerprint density at radius 3 is 2.48 bits per heavy atom. The molecule has 2 heterocycles. The molecule has 13 nitrogen and oxygen atoms in total. The molecule has 1 saturated heterocycles. The van der Waals surface area contributed by atoms with E-state index in [4.69, 9.17) is 19.2 Å². The number of hydrogen-bond donors (Lipinski definition) is 4. The van der Waals surface area contributed by atoms with Gasteiger partial charge in [-0.05, 0) is 42.0 Å². The smallest absolute Gasteiger partial charge is 0.332 e. The third-order valence-corrected chi connectivity index (χ3v) is 11.4. The molecule has 2 fully saturated rings. The van der Waals surface area contributed by atoms with Gasteiger partial charge in [0.05, 0.1) is 43.6 Å². The standard InChI is InChI=1S/C45H51N5O8/c1-7-28-24-45(28,42(54)57-8-2)49-40(52)35-22-30(58-37-23-33(26-14-10-9-11-15-26)46-34-21-29(56-6)18-19-32(34)37)25-50(35)43(55)48-39(44(3,4)5)41(53)47-38-31-17-13-12-16-27(31)20-36(38)51/h7,9-19,21,23,28,30,35-36,38-39,51H,1,8,20,22,24-25H2,2-6H3,(H,47,53)(H,48,55)(H,49,52). The number of fused-ring (bicyclic) bond motifs is 2. The lowest BCUT2D eigenvalue weighted by Crippen LogP contribution is -2.60. The summed E-state index contributed by atoms with van der Waals surface area (Å²) in [5, 5.41) is 20.4. The van der Waals surface area contributed by atoms with Gasteiger partial charge in [-0.2, -0.15) is 0 Å². The highest BCUT2D eigenvalue weighted by Crippen LogP contribution is 2.46. The maximum Gasteiger partial charge on any atom is 0.332 e. The minimum Gasteiger partial charge on any atom is -0.497 e. The second-order valence-electron chi connectivity index (χ2n) is 16.3. The van der Waals surface area contributed by atoms with Crippen LogP contribution in [0.1, 0.15) is 57.7 Å². The SMILES string of the molecule is C=CC1CC1(NC(=O)C1CC(Oc2cc(-c3ccccc3)nc3cc(OC)ccc23)CN1C(=O)NC(C(=O)NC1c2ccccc2CC1O)C(C)(C)C)C(=O)OCC. The number of nitrogens with zero attached hydrogens (tertiary/aromatic N) is 2. The van der Waals surface area contributed by atoms with Crippen LogP contribution in [0.3, 0.4) is 0 Å². The average molecular weight is 790 g/mol. The molecule has 4 amide bonds. The van der Waals surface area contributed by atoms with Crippen LogP contribution in [-0.4, -0.2) is 88.9 Å². The van der Waals surface area contributed by atoms with Gasteiger partial charge in [0, 0.05) is 41.8 Å². The number of pyridine rings is 1. The fourth-order valence-electron chi connectivity index (χ4n) is 8.12. The van der Waals surface area contributed by atoms with E-state index in [9.17, 15) is 24.3 Å². The first-order valence-corrected chi connectivity index (χ1v) is 19.7. The summed E-state index contributed by atoms with van der Waals surface area (Å²) >= 11 is 0. The molecule has 2 aliphatic carbocycles. The van der Waals surface area contributed by atoms with Crippen molar-refractivity contribution >= 4 is 34.7 Å². The summed E-state index contributed by atoms with van der Waals surface area (Å²) in [5.74, 6) is -0.827. The number of hydrogen-bond acceptors (Lipinski definition) is 9. The van der Waals surface area contributed by atoms with Gasteiger partial charge in [0.2, 0.25) is 11.8 Å². The Balaban J connectivity index is 1.19. The lowest BCUT2D eigenvalue weighted by atomic mass is 9.86. The Hall–Kier alpha value is -5.95. The molecule has 0 bridgehead atoms. The van der Waals surface area contributed by atoms with E-state index in [-0.39, 0.29) is 25.5 Å². The van der Waals surface area contributed by atoms with Crippen molar-refractivity contribution < 1.29 is 38.5 Å². The lowest BCUT2D eigenvalue weighted by molar-refractivity contribution is -0.149. The number of urea groups is 1. The molecule has 1 saturated carbocycles. The van der Waals surface area contributed by atoms with Crippen LogP contribution in [0.4, 0.5) is 4.79 Å². The summed E-state index contributed by atoms with van der Waals surface area (Å²) in [6.07, 6.45) is 0.891. The van der Waals surface area contributed by atoms with Crippen molar-refractivity contribution in [2.45, 2.75) is 82.8 Å². The van der Waals surface area contributed by atoms with Crippen molar-refractivity contribution in [3.05, 3.63) is 103 Å². The van der Waals surface area contributed by atoms with E-state index in [0.717, 1.165) is 16.7 Å². The molecule has 4 aromatic rings.